The molecule has 1 saturated heterocycles. The molecule has 7 heteroatoms. The van der Waals surface area contributed by atoms with E-state index >= 15 is 0 Å². The number of hydrogen-bond acceptors (Lipinski definition) is 4. The molecular weight excluding hydrogens is 274 g/mol. The van der Waals surface area contributed by atoms with Gasteiger partial charge in [0.05, 0.1) is 6.54 Å². The number of rotatable bonds is 6. The van der Waals surface area contributed by atoms with Crippen molar-refractivity contribution in [1.29, 1.82) is 0 Å². The molecule has 1 fully saturated rings. The minimum absolute atomic E-state index is 0.0745. The lowest BCUT2D eigenvalue weighted by Gasteiger charge is -2.39. The summed E-state index contributed by atoms with van der Waals surface area (Å²) in [5.74, 6) is -1.22. The summed E-state index contributed by atoms with van der Waals surface area (Å²) in [5, 5.41) is 11.6. The van der Waals surface area contributed by atoms with E-state index in [1.807, 2.05) is 25.7 Å². The number of carboxylic acid groups (broad SMARTS) is 1. The average molecular weight is 299 g/mol. The van der Waals surface area contributed by atoms with E-state index in [0.717, 1.165) is 6.42 Å². The van der Waals surface area contributed by atoms with Crippen molar-refractivity contribution in [3.05, 3.63) is 0 Å². The van der Waals surface area contributed by atoms with E-state index in [2.05, 4.69) is 5.32 Å². The lowest BCUT2D eigenvalue weighted by atomic mass is 9.94. The highest BCUT2D eigenvalue weighted by Gasteiger charge is 2.31. The average Bonchev–Trinajstić information content (AvgIpc) is 2.28. The number of carbonyl (C=O) groups is 3. The minimum Gasteiger partial charge on any atom is -0.480 e. The largest absolute Gasteiger partial charge is 0.480 e. The van der Waals surface area contributed by atoms with Gasteiger partial charge in [-0.2, -0.15) is 0 Å². The van der Waals surface area contributed by atoms with Gasteiger partial charge in [-0.25, -0.2) is 0 Å². The van der Waals surface area contributed by atoms with E-state index in [4.69, 9.17) is 5.11 Å². The van der Waals surface area contributed by atoms with E-state index in [0.29, 0.717) is 13.1 Å². The quantitative estimate of drug-likeness (QED) is 0.715. The summed E-state index contributed by atoms with van der Waals surface area (Å²) in [6.45, 7) is 8.47. The molecule has 21 heavy (non-hydrogen) atoms. The molecule has 0 aliphatic carbocycles. The van der Waals surface area contributed by atoms with E-state index in [-0.39, 0.29) is 36.5 Å². The van der Waals surface area contributed by atoms with Crippen molar-refractivity contribution in [1.82, 2.24) is 15.1 Å². The smallest absolute Gasteiger partial charge is 0.323 e. The maximum absolute atomic E-state index is 11.9. The third-order valence-electron chi connectivity index (χ3n) is 3.62. The van der Waals surface area contributed by atoms with Gasteiger partial charge in [-0.15, -0.1) is 0 Å². The van der Waals surface area contributed by atoms with Crippen LogP contribution < -0.4 is 5.32 Å². The van der Waals surface area contributed by atoms with Crippen molar-refractivity contribution in [2.24, 2.45) is 0 Å². The number of carbonyl (C=O) groups excluding carboxylic acids is 2. The zero-order valence-electron chi connectivity index (χ0n) is 13.2. The van der Waals surface area contributed by atoms with Gasteiger partial charge >= 0.3 is 5.97 Å². The molecule has 0 radical (unpaired) electrons. The van der Waals surface area contributed by atoms with Gasteiger partial charge in [-0.05, 0) is 27.2 Å². The molecule has 1 aliphatic heterocycles. The predicted molar refractivity (Wildman–Crippen MR) is 77.8 cm³/mol. The van der Waals surface area contributed by atoms with Gasteiger partial charge < -0.3 is 15.3 Å². The number of nitrogens with one attached hydrogen (secondary N) is 1. The zero-order chi connectivity index (χ0) is 16.2. The van der Waals surface area contributed by atoms with Crippen LogP contribution in [0.25, 0.3) is 0 Å². The van der Waals surface area contributed by atoms with Crippen molar-refractivity contribution >= 4 is 17.8 Å². The molecule has 1 atom stereocenters. The third-order valence-corrected chi connectivity index (χ3v) is 3.62. The first-order chi connectivity index (χ1) is 9.60. The van der Waals surface area contributed by atoms with Crippen LogP contribution >= 0.6 is 0 Å². The predicted octanol–water partition coefficient (Wildman–Crippen LogP) is -0.0915. The fourth-order valence-corrected chi connectivity index (χ4v) is 2.83. The lowest BCUT2D eigenvalue weighted by Crippen LogP contribution is -2.56. The van der Waals surface area contributed by atoms with Gasteiger partial charge in [0.25, 0.3) is 0 Å². The van der Waals surface area contributed by atoms with Crippen LogP contribution in [0.2, 0.25) is 0 Å². The van der Waals surface area contributed by atoms with Crippen molar-refractivity contribution in [3.8, 4) is 0 Å². The third kappa shape index (κ3) is 5.71. The molecule has 2 amide bonds. The van der Waals surface area contributed by atoms with Crippen LogP contribution in [0, 0.1) is 0 Å². The van der Waals surface area contributed by atoms with Crippen molar-refractivity contribution < 1.29 is 19.5 Å². The Hall–Kier alpha value is -1.63. The fraction of sp³-hybridized carbons (Fsp3) is 0.786. The summed E-state index contributed by atoms with van der Waals surface area (Å²) in [7, 11) is 0. The monoisotopic (exact) mass is 299 g/mol. The van der Waals surface area contributed by atoms with E-state index in [1.165, 1.54) is 11.8 Å². The molecule has 1 aliphatic rings. The number of nitrogens with zero attached hydrogens (tertiary/aromatic N) is 2. The Morgan fingerprint density at radius 1 is 1.38 bits per heavy atom. The zero-order valence-corrected chi connectivity index (χ0v) is 13.2. The minimum atomic E-state index is -0.989. The van der Waals surface area contributed by atoms with Crippen LogP contribution in [0.15, 0.2) is 0 Å². The summed E-state index contributed by atoms with van der Waals surface area (Å²) >= 11 is 0. The molecule has 0 saturated carbocycles. The summed E-state index contributed by atoms with van der Waals surface area (Å²) in [4.78, 5) is 37.2. The number of carboxylic acids is 1. The highest BCUT2D eigenvalue weighted by atomic mass is 16.4. The van der Waals surface area contributed by atoms with Crippen molar-refractivity contribution in [2.75, 3.05) is 26.2 Å². The van der Waals surface area contributed by atoms with Crippen LogP contribution in [0.1, 0.15) is 34.1 Å². The molecule has 2 N–H and O–H groups in total. The fourth-order valence-electron chi connectivity index (χ4n) is 2.83. The number of piperazine rings is 1. The number of aliphatic carboxylic acids is 1. The lowest BCUT2D eigenvalue weighted by molar-refractivity contribution is -0.147. The van der Waals surface area contributed by atoms with Crippen molar-refractivity contribution in [3.63, 3.8) is 0 Å². The Morgan fingerprint density at radius 2 is 2.00 bits per heavy atom. The van der Waals surface area contributed by atoms with Crippen LogP contribution in [0.5, 0.6) is 0 Å². The Kier molecular flexibility index (Phi) is 5.71. The number of amides is 2. The van der Waals surface area contributed by atoms with Crippen LogP contribution in [0.3, 0.4) is 0 Å². The summed E-state index contributed by atoms with van der Waals surface area (Å²) in [6, 6.07) is 0.128. The first-order valence-corrected chi connectivity index (χ1v) is 7.13. The molecule has 0 aromatic heterocycles. The standard InChI is InChI=1S/C14H25N3O4/c1-10(7-14(3,4)15-11(2)18)16-5-6-17(9-13(20)21)12(19)8-16/h10H,5-9H2,1-4H3,(H,15,18)(H,20,21). The highest BCUT2D eigenvalue weighted by Crippen LogP contribution is 2.17. The van der Waals surface area contributed by atoms with Gasteiger partial charge in [0.15, 0.2) is 0 Å². The second kappa shape index (κ2) is 6.89. The molecule has 0 aromatic carbocycles. The van der Waals surface area contributed by atoms with E-state index in [9.17, 15) is 14.4 Å². The molecule has 1 unspecified atom stereocenters. The first kappa shape index (κ1) is 17.4. The van der Waals surface area contributed by atoms with Crippen LogP contribution in [0.4, 0.5) is 0 Å². The second-order valence-corrected chi connectivity index (χ2v) is 6.30. The highest BCUT2D eigenvalue weighted by molar-refractivity contribution is 5.83. The molecule has 120 valence electrons. The van der Waals surface area contributed by atoms with Crippen molar-refractivity contribution in [2.45, 2.75) is 45.7 Å². The van der Waals surface area contributed by atoms with Crippen LogP contribution in [-0.2, 0) is 14.4 Å². The van der Waals surface area contributed by atoms with E-state index in [1.54, 1.807) is 0 Å². The SMILES string of the molecule is CC(=O)NC(C)(C)CC(C)N1CCN(CC(=O)O)C(=O)C1. The topological polar surface area (TPSA) is 90.0 Å². The number of hydrogen-bond donors (Lipinski definition) is 2. The normalized spacial score (nSPS) is 18.5. The molecule has 0 bridgehead atoms. The second-order valence-electron chi connectivity index (χ2n) is 6.30. The molecule has 7 nitrogen and oxygen atoms in total. The molecule has 0 spiro atoms. The van der Waals surface area contributed by atoms with Gasteiger partial charge in [-0.3, -0.25) is 19.3 Å². The van der Waals surface area contributed by atoms with Gasteiger partial charge in [0, 0.05) is 31.6 Å². The molecular formula is C14H25N3O4. The van der Waals surface area contributed by atoms with E-state index < -0.39 is 5.97 Å². The Balaban J connectivity index is 2.54. The first-order valence-electron chi connectivity index (χ1n) is 7.13. The molecule has 1 heterocycles. The Bertz CT molecular complexity index is 422. The summed E-state index contributed by atoms with van der Waals surface area (Å²) < 4.78 is 0. The molecule has 1 rings (SSSR count). The van der Waals surface area contributed by atoms with Gasteiger partial charge in [0.1, 0.15) is 6.54 Å². The molecule has 0 aromatic rings. The maximum Gasteiger partial charge on any atom is 0.323 e. The van der Waals surface area contributed by atoms with Crippen LogP contribution in [-0.4, -0.2) is 70.4 Å². The van der Waals surface area contributed by atoms with Gasteiger partial charge in [-0.1, -0.05) is 0 Å². The van der Waals surface area contributed by atoms with Gasteiger partial charge in [0.2, 0.25) is 11.8 Å². The summed E-state index contributed by atoms with van der Waals surface area (Å²) in [6.07, 6.45) is 0.721. The Labute approximate surface area is 125 Å². The Morgan fingerprint density at radius 3 is 2.48 bits per heavy atom. The maximum atomic E-state index is 11.9. The summed E-state index contributed by atoms with van der Waals surface area (Å²) in [5.41, 5.74) is -0.341.